The molecule has 0 saturated carbocycles. The van der Waals surface area contributed by atoms with Gasteiger partial charge in [0, 0.05) is 12.1 Å². The Kier molecular flexibility index (Phi) is 7.52. The summed E-state index contributed by atoms with van der Waals surface area (Å²) in [5.41, 5.74) is 3.17. The second-order valence-corrected chi connectivity index (χ2v) is 15.7. The highest BCUT2D eigenvalue weighted by Gasteiger charge is 2.46. The summed E-state index contributed by atoms with van der Waals surface area (Å²) in [5, 5.41) is 4.16. The smallest absolute Gasteiger partial charge is 0.289 e. The number of amides is 1. The van der Waals surface area contributed by atoms with Crippen LogP contribution in [0.3, 0.4) is 0 Å². The van der Waals surface area contributed by atoms with E-state index in [0.29, 0.717) is 40.4 Å². The summed E-state index contributed by atoms with van der Waals surface area (Å²) in [6.45, 7) is 13.7. The summed E-state index contributed by atoms with van der Waals surface area (Å²) in [6, 6.07) is 7.55. The second kappa shape index (κ2) is 10.4. The monoisotopic (exact) mass is 539 g/mol. The van der Waals surface area contributed by atoms with E-state index in [0.717, 1.165) is 5.56 Å². The predicted octanol–water partition coefficient (Wildman–Crippen LogP) is 4.91. The fraction of sp³-hybridized carbons (Fsp3) is 0.448. The van der Waals surface area contributed by atoms with Crippen LogP contribution in [0.4, 0.5) is 5.69 Å². The summed E-state index contributed by atoms with van der Waals surface area (Å²) in [4.78, 5) is 25.8. The molecule has 2 aromatic rings. The largest absolute Gasteiger partial charge is 0.496 e. The first-order chi connectivity index (χ1) is 17.9. The fourth-order valence-corrected chi connectivity index (χ4v) is 9.13. The molecular weight excluding hydrogens is 502 g/mol. The van der Waals surface area contributed by atoms with Crippen LogP contribution in [0, 0.1) is 12.8 Å². The number of fused-ring (bicyclic) bond motifs is 1. The van der Waals surface area contributed by atoms with Crippen LogP contribution in [-0.2, 0) is 14.3 Å². The van der Waals surface area contributed by atoms with Crippen LogP contribution in [0.5, 0.6) is 23.0 Å². The lowest BCUT2D eigenvalue weighted by Crippen LogP contribution is -2.41. The number of hydrogen-bond donors (Lipinski definition) is 1. The number of carbonyl (C=O) groups is 2. The van der Waals surface area contributed by atoms with Crippen LogP contribution in [0.15, 0.2) is 36.3 Å². The van der Waals surface area contributed by atoms with Crippen LogP contribution in [0.25, 0.3) is 0 Å². The molecule has 1 N–H and O–H groups in total. The fourth-order valence-electron chi connectivity index (χ4n) is 5.61. The van der Waals surface area contributed by atoms with E-state index in [9.17, 15) is 9.59 Å². The van der Waals surface area contributed by atoms with Gasteiger partial charge in [0.15, 0.2) is 0 Å². The van der Waals surface area contributed by atoms with Crippen molar-refractivity contribution in [1.29, 1.82) is 0 Å². The lowest BCUT2D eigenvalue weighted by Gasteiger charge is -2.28. The number of aryl methyl sites for hydroxylation is 1. The van der Waals surface area contributed by atoms with E-state index in [1.807, 2.05) is 6.92 Å². The number of methoxy groups -OCH3 is 3. The third-order valence-electron chi connectivity index (χ3n) is 7.96. The number of benzene rings is 2. The van der Waals surface area contributed by atoms with Crippen molar-refractivity contribution >= 4 is 30.6 Å². The average molecular weight is 540 g/mol. The van der Waals surface area contributed by atoms with Gasteiger partial charge in [-0.1, -0.05) is 45.1 Å². The molecule has 0 aromatic heterocycles. The van der Waals surface area contributed by atoms with Crippen molar-refractivity contribution in [2.45, 2.75) is 58.4 Å². The van der Waals surface area contributed by atoms with Crippen LogP contribution in [0.2, 0.25) is 18.6 Å². The summed E-state index contributed by atoms with van der Waals surface area (Å²) < 4.78 is 27.8. The molecule has 8 nitrogen and oxygen atoms in total. The van der Waals surface area contributed by atoms with Gasteiger partial charge in [-0.15, -0.1) is 0 Å². The topological polar surface area (TPSA) is 92.3 Å². The summed E-state index contributed by atoms with van der Waals surface area (Å²) in [7, 11) is 2.81. The molecule has 3 unspecified atom stereocenters. The molecule has 0 radical (unpaired) electrons. The molecule has 204 valence electrons. The number of nitrogens with one attached hydrogen (secondary N) is 1. The van der Waals surface area contributed by atoms with Gasteiger partial charge >= 0.3 is 0 Å². The highest BCUT2D eigenvalue weighted by Crippen LogP contribution is 2.48. The summed E-state index contributed by atoms with van der Waals surface area (Å²) in [6.07, 6.45) is -0.174. The number of ether oxygens (including phenoxy) is 5. The number of carbonyl (C=O) groups excluding carboxylic acids is 2. The van der Waals surface area contributed by atoms with Crippen LogP contribution >= 0.6 is 0 Å². The van der Waals surface area contributed by atoms with Gasteiger partial charge < -0.3 is 29.0 Å². The minimum atomic E-state index is -1.62. The van der Waals surface area contributed by atoms with E-state index in [1.165, 1.54) is 38.2 Å². The zero-order valence-corrected chi connectivity index (χ0v) is 24.6. The van der Waals surface area contributed by atoms with Crippen molar-refractivity contribution in [2.24, 2.45) is 5.92 Å². The Morgan fingerprint density at radius 1 is 1.00 bits per heavy atom. The Morgan fingerprint density at radius 2 is 1.63 bits per heavy atom. The van der Waals surface area contributed by atoms with Gasteiger partial charge in [-0.2, -0.15) is 0 Å². The standard InChI is InChI=1S/C29H37NO7Si/c1-15(2)26-17(4)38(8,9)24-10-16(3)21(13-19(24)26)36-25-14-20(31)28(37-25)29(32)30-27-22(34-6)11-18(33-5)12-23(27)35-7/h10-15,17,26,28H,1-9H3,(H,30,32). The normalized spacial score (nSPS) is 21.5. The molecule has 38 heavy (non-hydrogen) atoms. The minimum absolute atomic E-state index is 0.00416. The first kappa shape index (κ1) is 27.6. The minimum Gasteiger partial charge on any atom is -0.496 e. The predicted molar refractivity (Wildman–Crippen MR) is 149 cm³/mol. The summed E-state index contributed by atoms with van der Waals surface area (Å²) in [5.74, 6) is 1.52. The molecule has 0 fully saturated rings. The third-order valence-corrected chi connectivity index (χ3v) is 12.4. The average Bonchev–Trinajstić information content (AvgIpc) is 3.33. The van der Waals surface area contributed by atoms with Crippen molar-refractivity contribution in [3.05, 3.63) is 47.4 Å². The third kappa shape index (κ3) is 4.75. The van der Waals surface area contributed by atoms with Gasteiger partial charge in [-0.05, 0) is 41.5 Å². The first-order valence-corrected chi connectivity index (χ1v) is 15.9. The van der Waals surface area contributed by atoms with Crippen molar-refractivity contribution in [1.82, 2.24) is 0 Å². The molecule has 0 saturated heterocycles. The van der Waals surface area contributed by atoms with Gasteiger partial charge in [0.1, 0.15) is 28.7 Å². The van der Waals surface area contributed by atoms with E-state index in [-0.39, 0.29) is 11.6 Å². The highest BCUT2D eigenvalue weighted by atomic mass is 28.3. The molecule has 0 aliphatic carbocycles. The Balaban J connectivity index is 1.54. The summed E-state index contributed by atoms with van der Waals surface area (Å²) >= 11 is 0. The number of ketones is 1. The van der Waals surface area contributed by atoms with Crippen molar-refractivity contribution in [3.63, 3.8) is 0 Å². The van der Waals surface area contributed by atoms with E-state index in [1.54, 1.807) is 12.1 Å². The second-order valence-electron chi connectivity index (χ2n) is 10.8. The molecule has 2 aliphatic heterocycles. The number of rotatable bonds is 8. The van der Waals surface area contributed by atoms with Crippen molar-refractivity contribution in [2.75, 3.05) is 26.6 Å². The molecule has 9 heteroatoms. The van der Waals surface area contributed by atoms with Gasteiger partial charge in [0.2, 0.25) is 11.9 Å². The van der Waals surface area contributed by atoms with Gasteiger partial charge in [0.25, 0.3) is 11.9 Å². The van der Waals surface area contributed by atoms with E-state index in [2.05, 4.69) is 51.3 Å². The molecule has 2 aliphatic rings. The lowest BCUT2D eigenvalue weighted by molar-refractivity contribution is -0.134. The molecule has 3 atom stereocenters. The Morgan fingerprint density at radius 3 is 2.18 bits per heavy atom. The molecule has 1 amide bonds. The van der Waals surface area contributed by atoms with Crippen LogP contribution in [0.1, 0.15) is 37.8 Å². The van der Waals surface area contributed by atoms with Gasteiger partial charge in [-0.25, -0.2) is 0 Å². The molecule has 2 aromatic carbocycles. The maximum atomic E-state index is 13.1. The maximum Gasteiger partial charge on any atom is 0.289 e. The molecular formula is C29H37NO7Si. The van der Waals surface area contributed by atoms with Crippen LogP contribution in [-0.4, -0.2) is 47.2 Å². The first-order valence-electron chi connectivity index (χ1n) is 12.8. The van der Waals surface area contributed by atoms with Crippen molar-refractivity contribution < 1.29 is 33.3 Å². The highest BCUT2D eigenvalue weighted by molar-refractivity contribution is 6.92. The number of anilines is 1. The van der Waals surface area contributed by atoms with Crippen molar-refractivity contribution in [3.8, 4) is 23.0 Å². The van der Waals surface area contributed by atoms with Gasteiger partial charge in [-0.3, -0.25) is 9.59 Å². The van der Waals surface area contributed by atoms with E-state index >= 15 is 0 Å². The van der Waals surface area contributed by atoms with E-state index < -0.39 is 25.9 Å². The lowest BCUT2D eigenvalue weighted by atomic mass is 9.86. The zero-order valence-electron chi connectivity index (χ0n) is 23.6. The van der Waals surface area contributed by atoms with Crippen LogP contribution < -0.4 is 29.5 Å². The SMILES string of the molecule is COc1cc(OC)c(NC(=O)C2OC(Oc3cc4c(cc3C)[Si](C)(C)C(C)C4C(C)C)=CC2=O)c(OC)c1. The van der Waals surface area contributed by atoms with E-state index in [4.69, 9.17) is 23.7 Å². The zero-order chi connectivity index (χ0) is 27.9. The molecule has 4 rings (SSSR count). The number of hydrogen-bond acceptors (Lipinski definition) is 7. The molecule has 0 spiro atoms. The molecule has 0 bridgehead atoms. The Bertz CT molecular complexity index is 1280. The quantitative estimate of drug-likeness (QED) is 0.377. The molecule has 2 heterocycles. The Labute approximate surface area is 225 Å². The van der Waals surface area contributed by atoms with Gasteiger partial charge in [0.05, 0.1) is 35.5 Å². The maximum absolute atomic E-state index is 13.1. The Hall–Kier alpha value is -3.46.